The van der Waals surface area contributed by atoms with Gasteiger partial charge < -0.3 is 14.9 Å². The summed E-state index contributed by atoms with van der Waals surface area (Å²) in [5, 5.41) is 9.39. The average Bonchev–Trinajstić information content (AvgIpc) is 3.18. The van der Waals surface area contributed by atoms with Crippen molar-refractivity contribution in [3.63, 3.8) is 0 Å². The van der Waals surface area contributed by atoms with Gasteiger partial charge >= 0.3 is 6.09 Å². The fourth-order valence-corrected chi connectivity index (χ4v) is 4.82. The van der Waals surface area contributed by atoms with Gasteiger partial charge in [0.05, 0.1) is 0 Å². The van der Waals surface area contributed by atoms with Gasteiger partial charge in [-0.25, -0.2) is 4.79 Å². The lowest BCUT2D eigenvalue weighted by Gasteiger charge is -2.37. The largest absolute Gasteiger partial charge is 0.465 e. The van der Waals surface area contributed by atoms with Gasteiger partial charge in [0.25, 0.3) is 0 Å². The number of carboxylic acid groups (broad SMARTS) is 1. The Morgan fingerprint density at radius 2 is 1.92 bits per heavy atom. The summed E-state index contributed by atoms with van der Waals surface area (Å²) in [5.41, 5.74) is 6.70. The molecule has 3 aliphatic heterocycles. The minimum atomic E-state index is -0.787. The second-order valence-corrected chi connectivity index (χ2v) is 7.07. The van der Waals surface area contributed by atoms with Gasteiger partial charge in [0.1, 0.15) is 0 Å². The first-order chi connectivity index (χ1) is 11.7. The summed E-state index contributed by atoms with van der Waals surface area (Å²) in [4.78, 5) is 15.6. The molecule has 1 fully saturated rings. The first-order valence-electron chi connectivity index (χ1n) is 8.69. The maximum Gasteiger partial charge on any atom is 0.407 e. The molecule has 1 N–H and O–H groups in total. The highest BCUT2D eigenvalue weighted by Gasteiger charge is 2.45. The molecular weight excluding hydrogens is 300 g/mol. The summed E-state index contributed by atoms with van der Waals surface area (Å²) in [6, 6.07) is 15.6. The van der Waals surface area contributed by atoms with Gasteiger partial charge in [-0.15, -0.1) is 0 Å². The number of fused-ring (bicyclic) bond motifs is 3. The number of rotatable bonds is 1. The maximum absolute atomic E-state index is 11.4. The summed E-state index contributed by atoms with van der Waals surface area (Å²) in [7, 11) is 0. The van der Waals surface area contributed by atoms with Gasteiger partial charge in [-0.05, 0) is 47.2 Å². The van der Waals surface area contributed by atoms with Crippen molar-refractivity contribution in [1.82, 2.24) is 4.90 Å². The molecule has 0 radical (unpaired) electrons. The lowest BCUT2D eigenvalue weighted by molar-refractivity contribution is 0.127. The number of anilines is 1. The molecule has 0 unspecified atom stereocenters. The van der Waals surface area contributed by atoms with Crippen LogP contribution in [0.15, 0.2) is 42.5 Å². The molecule has 5 rings (SSSR count). The van der Waals surface area contributed by atoms with Crippen molar-refractivity contribution in [1.29, 1.82) is 0 Å². The molecule has 0 aliphatic carbocycles. The predicted molar refractivity (Wildman–Crippen MR) is 93.7 cm³/mol. The Morgan fingerprint density at radius 3 is 2.71 bits per heavy atom. The van der Waals surface area contributed by atoms with Gasteiger partial charge in [-0.2, -0.15) is 0 Å². The Bertz CT molecular complexity index is 818. The average molecular weight is 320 g/mol. The smallest absolute Gasteiger partial charge is 0.407 e. The molecule has 2 aromatic carbocycles. The Kier molecular flexibility index (Phi) is 2.90. The van der Waals surface area contributed by atoms with E-state index in [-0.39, 0.29) is 0 Å². The summed E-state index contributed by atoms with van der Waals surface area (Å²) < 4.78 is 0. The summed E-state index contributed by atoms with van der Waals surface area (Å²) >= 11 is 0. The molecule has 3 aliphatic rings. The second-order valence-electron chi connectivity index (χ2n) is 7.07. The molecule has 4 heteroatoms. The maximum atomic E-state index is 11.4. The van der Waals surface area contributed by atoms with Crippen LogP contribution in [0.1, 0.15) is 23.5 Å². The van der Waals surface area contributed by atoms with Gasteiger partial charge in [0.15, 0.2) is 0 Å². The van der Waals surface area contributed by atoms with Crippen molar-refractivity contribution in [2.24, 2.45) is 0 Å². The van der Waals surface area contributed by atoms with Crippen molar-refractivity contribution in [2.75, 3.05) is 24.5 Å². The van der Waals surface area contributed by atoms with Crippen molar-refractivity contribution < 1.29 is 9.90 Å². The molecular formula is C20H20N2O2. The summed E-state index contributed by atoms with van der Waals surface area (Å²) in [6.07, 6.45) is 1.26. The lowest BCUT2D eigenvalue weighted by Crippen LogP contribution is -2.47. The zero-order valence-corrected chi connectivity index (χ0v) is 13.5. The third-order valence-electron chi connectivity index (χ3n) is 5.88. The zero-order chi connectivity index (χ0) is 16.3. The van der Waals surface area contributed by atoms with Gasteiger partial charge in [-0.3, -0.25) is 0 Å². The topological polar surface area (TPSA) is 43.8 Å². The molecule has 122 valence electrons. The van der Waals surface area contributed by atoms with Gasteiger partial charge in [0, 0.05) is 37.3 Å². The SMILES string of the molecule is O=C(O)N1CC[C@H]2[C@@H](C1)c1cc(-c3ccccc3)cc3c1N2CC3. The Labute approximate surface area is 141 Å². The molecule has 3 heterocycles. The minimum Gasteiger partial charge on any atom is -0.465 e. The normalized spacial score (nSPS) is 24.0. The number of carbonyl (C=O) groups is 1. The van der Waals surface area contributed by atoms with Crippen LogP contribution < -0.4 is 4.90 Å². The van der Waals surface area contributed by atoms with Crippen LogP contribution in [-0.2, 0) is 6.42 Å². The van der Waals surface area contributed by atoms with Crippen LogP contribution in [-0.4, -0.2) is 41.8 Å². The van der Waals surface area contributed by atoms with Crippen LogP contribution in [0.3, 0.4) is 0 Å². The summed E-state index contributed by atoms with van der Waals surface area (Å²) in [5.74, 6) is 0.313. The minimum absolute atomic E-state index is 0.313. The number of amides is 1. The van der Waals surface area contributed by atoms with Crippen molar-refractivity contribution in [3.8, 4) is 11.1 Å². The van der Waals surface area contributed by atoms with E-state index in [1.807, 2.05) is 6.07 Å². The monoisotopic (exact) mass is 320 g/mol. The lowest BCUT2D eigenvalue weighted by atomic mass is 9.86. The van der Waals surface area contributed by atoms with E-state index in [9.17, 15) is 9.90 Å². The third-order valence-corrected chi connectivity index (χ3v) is 5.88. The molecule has 4 nitrogen and oxygen atoms in total. The number of likely N-dealkylation sites (tertiary alicyclic amines) is 1. The highest BCUT2D eigenvalue weighted by atomic mass is 16.4. The van der Waals surface area contributed by atoms with Gasteiger partial charge in [-0.1, -0.05) is 30.3 Å². The molecule has 0 bridgehead atoms. The second kappa shape index (κ2) is 5.00. The van der Waals surface area contributed by atoms with E-state index in [0.29, 0.717) is 25.0 Å². The molecule has 1 amide bonds. The van der Waals surface area contributed by atoms with E-state index in [2.05, 4.69) is 41.3 Å². The fourth-order valence-electron chi connectivity index (χ4n) is 4.82. The van der Waals surface area contributed by atoms with E-state index < -0.39 is 6.09 Å². The van der Waals surface area contributed by atoms with Crippen molar-refractivity contribution >= 4 is 11.8 Å². The van der Waals surface area contributed by atoms with E-state index in [1.165, 1.54) is 27.9 Å². The Morgan fingerprint density at radius 1 is 1.08 bits per heavy atom. The van der Waals surface area contributed by atoms with Crippen LogP contribution in [0.25, 0.3) is 11.1 Å². The molecule has 1 saturated heterocycles. The first kappa shape index (κ1) is 13.9. The highest BCUT2D eigenvalue weighted by molar-refractivity contribution is 5.78. The molecule has 0 aromatic heterocycles. The number of hydrogen-bond donors (Lipinski definition) is 1. The number of nitrogens with zero attached hydrogens (tertiary/aromatic N) is 2. The van der Waals surface area contributed by atoms with Crippen LogP contribution in [0.2, 0.25) is 0 Å². The molecule has 2 atom stereocenters. The Balaban J connectivity index is 1.61. The molecule has 0 saturated carbocycles. The molecule has 2 aromatic rings. The van der Waals surface area contributed by atoms with Crippen LogP contribution in [0.5, 0.6) is 0 Å². The highest BCUT2D eigenvalue weighted by Crippen LogP contribution is 2.50. The predicted octanol–water partition coefficient (Wildman–Crippen LogP) is 3.57. The number of piperidine rings is 1. The number of benzene rings is 2. The van der Waals surface area contributed by atoms with Crippen LogP contribution in [0.4, 0.5) is 10.5 Å². The van der Waals surface area contributed by atoms with E-state index in [4.69, 9.17) is 0 Å². The standard InChI is InChI=1S/C20H20N2O2/c23-20(24)21-8-7-18-17(12-21)16-11-15(13-4-2-1-3-5-13)10-14-6-9-22(18)19(14)16/h1-5,10-11,17-18H,6-9,12H2,(H,23,24)/t17-,18-/m0/s1. The van der Waals surface area contributed by atoms with Crippen LogP contribution in [0, 0.1) is 0 Å². The van der Waals surface area contributed by atoms with E-state index in [1.54, 1.807) is 4.90 Å². The van der Waals surface area contributed by atoms with Gasteiger partial charge in [0.2, 0.25) is 0 Å². The molecule has 24 heavy (non-hydrogen) atoms. The zero-order valence-electron chi connectivity index (χ0n) is 13.5. The Hall–Kier alpha value is -2.49. The quantitative estimate of drug-likeness (QED) is 0.873. The van der Waals surface area contributed by atoms with Crippen molar-refractivity contribution in [3.05, 3.63) is 53.6 Å². The fraction of sp³-hybridized carbons (Fsp3) is 0.350. The molecule has 0 spiro atoms. The summed E-state index contributed by atoms with van der Waals surface area (Å²) in [6.45, 7) is 2.36. The van der Waals surface area contributed by atoms with E-state index >= 15 is 0 Å². The number of hydrogen-bond acceptors (Lipinski definition) is 2. The third kappa shape index (κ3) is 1.89. The van der Waals surface area contributed by atoms with E-state index in [0.717, 1.165) is 19.4 Å². The van der Waals surface area contributed by atoms with Crippen LogP contribution >= 0.6 is 0 Å². The van der Waals surface area contributed by atoms with Crippen molar-refractivity contribution in [2.45, 2.75) is 24.8 Å². The first-order valence-corrected chi connectivity index (χ1v) is 8.69.